The fourth-order valence-electron chi connectivity index (χ4n) is 2.35. The first kappa shape index (κ1) is 14.0. The molecule has 0 radical (unpaired) electrons. The summed E-state index contributed by atoms with van der Waals surface area (Å²) in [5.41, 5.74) is 0.0614. The van der Waals surface area contributed by atoms with Gasteiger partial charge in [-0.2, -0.15) is 8.42 Å². The second-order valence-corrected chi connectivity index (χ2v) is 6.35. The van der Waals surface area contributed by atoms with Crippen molar-refractivity contribution < 1.29 is 21.7 Å². The Kier molecular flexibility index (Phi) is 3.18. The molecular weight excluding hydrogens is 303 g/mol. The molecule has 0 spiro atoms. The third-order valence-electron chi connectivity index (χ3n) is 3.29. The zero-order valence-electron chi connectivity index (χ0n) is 10.9. The van der Waals surface area contributed by atoms with Gasteiger partial charge in [-0.05, 0) is 6.07 Å². The largest absolute Gasteiger partial charge is 0.486 e. The molecule has 1 atom stereocenters. The second kappa shape index (κ2) is 4.78. The number of ether oxygens (including phenoxy) is 1. The summed E-state index contributed by atoms with van der Waals surface area (Å²) in [7, 11) is -2.76. The number of halogens is 1. The molecule has 0 aromatic carbocycles. The van der Waals surface area contributed by atoms with Gasteiger partial charge in [0, 0.05) is 6.07 Å². The van der Waals surface area contributed by atoms with Crippen molar-refractivity contribution in [2.24, 2.45) is 0 Å². The first-order chi connectivity index (χ1) is 9.93. The van der Waals surface area contributed by atoms with Crippen molar-refractivity contribution in [3.8, 4) is 5.75 Å². The fraction of sp³-hybridized carbons (Fsp3) is 0.333. The molecule has 7 nitrogen and oxygen atoms in total. The van der Waals surface area contributed by atoms with Gasteiger partial charge in [0.15, 0.2) is 11.6 Å². The molecule has 0 amide bonds. The molecule has 0 unspecified atom stereocenters. The van der Waals surface area contributed by atoms with Crippen molar-refractivity contribution in [3.63, 3.8) is 0 Å². The Morgan fingerprint density at radius 1 is 1.52 bits per heavy atom. The van der Waals surface area contributed by atoms with Gasteiger partial charge in [-0.3, -0.25) is 18.5 Å². The molecule has 112 valence electrons. The molecule has 21 heavy (non-hydrogen) atoms. The highest BCUT2D eigenvalue weighted by molar-refractivity contribution is 7.86. The Balaban J connectivity index is 2.25. The molecule has 0 bridgehead atoms. The summed E-state index contributed by atoms with van der Waals surface area (Å²) in [6, 6.07) is 1.89. The molecule has 3 heterocycles. The van der Waals surface area contributed by atoms with Gasteiger partial charge in [-0.1, -0.05) is 0 Å². The monoisotopic (exact) mass is 314 g/mol. The van der Waals surface area contributed by atoms with Crippen LogP contribution in [0, 0.1) is 5.82 Å². The van der Waals surface area contributed by atoms with Gasteiger partial charge in [0.2, 0.25) is 0 Å². The minimum absolute atomic E-state index is 0.0937. The summed E-state index contributed by atoms with van der Waals surface area (Å²) in [6.45, 7) is -0.143. The highest BCUT2D eigenvalue weighted by Gasteiger charge is 2.30. The molecule has 1 aliphatic heterocycles. The van der Waals surface area contributed by atoms with Gasteiger partial charge in [-0.15, -0.1) is 0 Å². The summed E-state index contributed by atoms with van der Waals surface area (Å²) in [5.74, 6) is -1.24. The van der Waals surface area contributed by atoms with Crippen LogP contribution in [0.15, 0.2) is 23.1 Å². The number of aromatic nitrogens is 2. The maximum Gasteiger partial charge on any atom is 0.269 e. The summed E-state index contributed by atoms with van der Waals surface area (Å²) in [6.07, 6.45) is 0.999. The zero-order valence-corrected chi connectivity index (χ0v) is 11.8. The Bertz CT molecular complexity index is 877. The predicted octanol–water partition coefficient (Wildman–Crippen LogP) is 0.445. The number of pyridine rings is 2. The molecule has 0 saturated carbocycles. The van der Waals surface area contributed by atoms with E-state index in [0.717, 1.165) is 13.3 Å². The van der Waals surface area contributed by atoms with E-state index in [9.17, 15) is 17.6 Å². The second-order valence-electron chi connectivity index (χ2n) is 4.57. The third kappa shape index (κ3) is 2.28. The fourth-order valence-corrected chi connectivity index (χ4v) is 3.20. The number of nitrogens with zero attached hydrogens (tertiary/aromatic N) is 2. The van der Waals surface area contributed by atoms with Crippen molar-refractivity contribution >= 4 is 21.2 Å². The third-order valence-corrected chi connectivity index (χ3v) is 4.59. The smallest absolute Gasteiger partial charge is 0.269 e. The van der Waals surface area contributed by atoms with Crippen LogP contribution >= 0.6 is 0 Å². The minimum atomic E-state index is -3.80. The summed E-state index contributed by atoms with van der Waals surface area (Å²) >= 11 is 0. The van der Waals surface area contributed by atoms with E-state index in [0.29, 0.717) is 5.52 Å². The van der Waals surface area contributed by atoms with E-state index in [1.807, 2.05) is 0 Å². The van der Waals surface area contributed by atoms with Crippen molar-refractivity contribution in [2.75, 3.05) is 19.5 Å². The maximum absolute atomic E-state index is 13.8. The van der Waals surface area contributed by atoms with Crippen LogP contribution in [-0.4, -0.2) is 37.4 Å². The molecule has 2 aromatic heterocycles. The van der Waals surface area contributed by atoms with Crippen molar-refractivity contribution in [1.82, 2.24) is 9.55 Å². The van der Waals surface area contributed by atoms with Crippen LogP contribution < -0.4 is 10.3 Å². The number of rotatable bonds is 3. The molecule has 0 aliphatic carbocycles. The van der Waals surface area contributed by atoms with E-state index >= 15 is 0 Å². The average molecular weight is 314 g/mol. The van der Waals surface area contributed by atoms with Crippen molar-refractivity contribution in [3.05, 3.63) is 34.5 Å². The average Bonchev–Trinajstić information content (AvgIpc) is 2.45. The van der Waals surface area contributed by atoms with Crippen LogP contribution in [0.4, 0.5) is 4.39 Å². The lowest BCUT2D eigenvalue weighted by Crippen LogP contribution is -2.36. The van der Waals surface area contributed by atoms with E-state index < -0.39 is 33.3 Å². The molecule has 1 aliphatic rings. The van der Waals surface area contributed by atoms with Gasteiger partial charge in [0.05, 0.1) is 30.6 Å². The molecule has 3 rings (SSSR count). The first-order valence-electron chi connectivity index (χ1n) is 6.04. The van der Waals surface area contributed by atoms with Gasteiger partial charge < -0.3 is 4.74 Å². The lowest BCUT2D eigenvalue weighted by Gasteiger charge is -2.27. The van der Waals surface area contributed by atoms with E-state index in [1.54, 1.807) is 0 Å². The highest BCUT2D eigenvalue weighted by atomic mass is 32.2. The lowest BCUT2D eigenvalue weighted by molar-refractivity contribution is 0.232. The van der Waals surface area contributed by atoms with Crippen LogP contribution in [0.5, 0.6) is 5.75 Å². The van der Waals surface area contributed by atoms with Crippen LogP contribution in [0.1, 0.15) is 6.04 Å². The topological polar surface area (TPSA) is 87.5 Å². The molecule has 0 fully saturated rings. The van der Waals surface area contributed by atoms with E-state index in [2.05, 4.69) is 9.17 Å². The van der Waals surface area contributed by atoms with Crippen LogP contribution in [-0.2, 0) is 14.3 Å². The number of hydrogen-bond donors (Lipinski definition) is 0. The quantitative estimate of drug-likeness (QED) is 0.764. The Morgan fingerprint density at radius 2 is 2.29 bits per heavy atom. The highest BCUT2D eigenvalue weighted by Crippen LogP contribution is 2.32. The van der Waals surface area contributed by atoms with E-state index in [-0.39, 0.29) is 17.9 Å². The van der Waals surface area contributed by atoms with Gasteiger partial charge in [0.1, 0.15) is 12.1 Å². The Hall–Kier alpha value is -2.00. The van der Waals surface area contributed by atoms with Crippen molar-refractivity contribution in [2.45, 2.75) is 6.04 Å². The van der Waals surface area contributed by atoms with E-state index in [1.165, 1.54) is 16.7 Å². The van der Waals surface area contributed by atoms with Crippen LogP contribution in [0.3, 0.4) is 0 Å². The zero-order chi connectivity index (χ0) is 15.2. The van der Waals surface area contributed by atoms with E-state index in [4.69, 9.17) is 4.74 Å². The van der Waals surface area contributed by atoms with Crippen LogP contribution in [0.25, 0.3) is 11.0 Å². The Labute approximate surface area is 119 Å². The number of hydrogen-bond acceptors (Lipinski definition) is 6. The van der Waals surface area contributed by atoms with Crippen LogP contribution in [0.2, 0.25) is 0 Å². The van der Waals surface area contributed by atoms with Gasteiger partial charge >= 0.3 is 0 Å². The normalized spacial score (nSPS) is 17.7. The standard InChI is InChI=1S/C12H11FN2O5S/c1-19-21(17,18)6-7-5-20-12-8(13)4-14-9-2-3-10(16)15(7)11(9)12/h2-4,7H,5-6H2,1H3/t7-/m1/s1. The Morgan fingerprint density at radius 3 is 3.00 bits per heavy atom. The summed E-state index contributed by atoms with van der Waals surface area (Å²) in [4.78, 5) is 15.9. The molecule has 9 heteroatoms. The van der Waals surface area contributed by atoms with Gasteiger partial charge in [0.25, 0.3) is 15.7 Å². The molecule has 0 saturated heterocycles. The van der Waals surface area contributed by atoms with Crippen molar-refractivity contribution in [1.29, 1.82) is 0 Å². The molecular formula is C12H11FN2O5S. The molecule has 0 N–H and O–H groups in total. The first-order valence-corrected chi connectivity index (χ1v) is 7.61. The minimum Gasteiger partial charge on any atom is -0.486 e. The SMILES string of the molecule is COS(=O)(=O)C[C@H]1COc2c(F)cnc3ccc(=O)n1c23. The summed E-state index contributed by atoms with van der Waals surface area (Å²) in [5, 5.41) is 0. The summed E-state index contributed by atoms with van der Waals surface area (Å²) < 4.78 is 47.8. The van der Waals surface area contributed by atoms with Gasteiger partial charge in [-0.25, -0.2) is 4.39 Å². The maximum atomic E-state index is 13.8. The lowest BCUT2D eigenvalue weighted by atomic mass is 10.2. The predicted molar refractivity (Wildman–Crippen MR) is 71.3 cm³/mol. The molecule has 2 aromatic rings.